The predicted octanol–water partition coefficient (Wildman–Crippen LogP) is 2.71. The first-order chi connectivity index (χ1) is 14.7. The number of aryl methyl sites for hydroxylation is 1. The molecule has 0 saturated heterocycles. The van der Waals surface area contributed by atoms with Crippen LogP contribution >= 0.6 is 0 Å². The summed E-state index contributed by atoms with van der Waals surface area (Å²) < 4.78 is 2.62. The highest BCUT2D eigenvalue weighted by Gasteiger charge is 2.27. The maximum Gasteiger partial charge on any atom is 0.407 e. The fraction of sp³-hybridized carbons (Fsp3) is 0.273. The van der Waals surface area contributed by atoms with Gasteiger partial charge in [0.2, 0.25) is 0 Å². The number of carboxylic acid groups (broad SMARTS) is 1. The molecule has 9 heteroatoms. The number of hydrogen-bond donors (Lipinski definition) is 2. The molecule has 0 unspecified atom stereocenters. The lowest BCUT2D eigenvalue weighted by atomic mass is 10.0. The van der Waals surface area contributed by atoms with Crippen molar-refractivity contribution in [1.29, 1.82) is 0 Å². The van der Waals surface area contributed by atoms with Crippen LogP contribution in [0.4, 0.5) is 16.3 Å². The monoisotopic (exact) mass is 423 g/mol. The fourth-order valence-corrected chi connectivity index (χ4v) is 3.29. The van der Waals surface area contributed by atoms with Crippen LogP contribution in [0.15, 0.2) is 58.3 Å². The molecule has 0 aromatic carbocycles. The molecule has 9 nitrogen and oxygen atoms in total. The Hall–Kier alpha value is -3.88. The Labute approximate surface area is 179 Å². The van der Waals surface area contributed by atoms with E-state index in [1.807, 2.05) is 19.9 Å². The lowest BCUT2D eigenvalue weighted by Gasteiger charge is -2.28. The van der Waals surface area contributed by atoms with Gasteiger partial charge in [0.15, 0.2) is 5.82 Å². The zero-order chi connectivity index (χ0) is 22.7. The summed E-state index contributed by atoms with van der Waals surface area (Å²) in [5, 5.41) is 16.9. The second-order valence-electron chi connectivity index (χ2n) is 7.48. The molecule has 162 valence electrons. The molecule has 0 atom stereocenters. The first-order valence-corrected chi connectivity index (χ1v) is 9.76. The molecule has 31 heavy (non-hydrogen) atoms. The summed E-state index contributed by atoms with van der Waals surface area (Å²) in [5.74, 6) is 0.341. The largest absolute Gasteiger partial charge is 0.465 e. The molecule has 1 amide bonds. The van der Waals surface area contributed by atoms with Gasteiger partial charge in [-0.2, -0.15) is 4.68 Å². The SMILES string of the molecule is C=C/C(=C\C=C(C)C)n1nc(Nc2cccn(C)c2=O)c2c(c1=O)CN(C(=O)O)CC2. The van der Waals surface area contributed by atoms with Crippen LogP contribution in [0.3, 0.4) is 0 Å². The number of pyridine rings is 1. The Kier molecular flexibility index (Phi) is 6.24. The minimum Gasteiger partial charge on any atom is -0.465 e. The van der Waals surface area contributed by atoms with E-state index in [1.54, 1.807) is 31.5 Å². The highest BCUT2D eigenvalue weighted by Crippen LogP contribution is 2.25. The van der Waals surface area contributed by atoms with Crippen molar-refractivity contribution in [3.8, 4) is 0 Å². The van der Waals surface area contributed by atoms with Crippen molar-refractivity contribution in [3.05, 3.63) is 80.5 Å². The molecule has 0 fully saturated rings. The highest BCUT2D eigenvalue weighted by atomic mass is 16.4. The molecule has 1 aliphatic rings. The summed E-state index contributed by atoms with van der Waals surface area (Å²) in [4.78, 5) is 38.4. The molecule has 3 rings (SSSR count). The molecule has 2 N–H and O–H groups in total. The summed E-state index contributed by atoms with van der Waals surface area (Å²) in [6.07, 6.45) is 5.90. The van der Waals surface area contributed by atoms with Gasteiger partial charge in [-0.25, -0.2) is 4.79 Å². The first kappa shape index (κ1) is 21.8. The van der Waals surface area contributed by atoms with E-state index in [-0.39, 0.29) is 18.6 Å². The molecule has 0 aliphatic carbocycles. The Morgan fingerprint density at radius 1 is 1.23 bits per heavy atom. The predicted molar refractivity (Wildman–Crippen MR) is 120 cm³/mol. The van der Waals surface area contributed by atoms with Crippen molar-refractivity contribution in [2.75, 3.05) is 11.9 Å². The smallest absolute Gasteiger partial charge is 0.407 e. The summed E-state index contributed by atoms with van der Waals surface area (Å²) in [6.45, 7) is 7.79. The summed E-state index contributed by atoms with van der Waals surface area (Å²) in [7, 11) is 1.64. The van der Waals surface area contributed by atoms with Crippen LogP contribution in [0.5, 0.6) is 0 Å². The minimum absolute atomic E-state index is 0.0550. The average Bonchev–Trinajstić information content (AvgIpc) is 2.73. The lowest BCUT2D eigenvalue weighted by Crippen LogP contribution is -2.40. The Bertz CT molecular complexity index is 1220. The normalized spacial score (nSPS) is 13.4. The van der Waals surface area contributed by atoms with Crippen molar-refractivity contribution < 1.29 is 9.90 Å². The summed E-state index contributed by atoms with van der Waals surface area (Å²) in [6, 6.07) is 3.36. The van der Waals surface area contributed by atoms with Gasteiger partial charge >= 0.3 is 6.09 Å². The molecule has 2 aromatic heterocycles. The number of anilines is 2. The van der Waals surface area contributed by atoms with Gasteiger partial charge in [0.1, 0.15) is 5.69 Å². The molecular formula is C22H25N5O4. The maximum absolute atomic E-state index is 13.2. The van der Waals surface area contributed by atoms with E-state index in [9.17, 15) is 19.5 Å². The van der Waals surface area contributed by atoms with Crippen LogP contribution in [0.25, 0.3) is 5.70 Å². The van der Waals surface area contributed by atoms with Crippen molar-refractivity contribution in [2.24, 2.45) is 7.05 Å². The number of nitrogens with one attached hydrogen (secondary N) is 1. The third kappa shape index (κ3) is 4.50. The number of rotatable bonds is 5. The third-order valence-electron chi connectivity index (χ3n) is 4.97. The zero-order valence-electron chi connectivity index (χ0n) is 17.8. The average molecular weight is 423 g/mol. The van der Waals surface area contributed by atoms with Crippen molar-refractivity contribution in [1.82, 2.24) is 19.2 Å². The summed E-state index contributed by atoms with van der Waals surface area (Å²) >= 11 is 0. The van der Waals surface area contributed by atoms with Crippen LogP contribution in [0.1, 0.15) is 25.0 Å². The molecule has 0 spiro atoms. The number of hydrogen-bond acceptors (Lipinski definition) is 5. The van der Waals surface area contributed by atoms with Gasteiger partial charge in [0.25, 0.3) is 11.1 Å². The third-order valence-corrected chi connectivity index (χ3v) is 4.97. The van der Waals surface area contributed by atoms with E-state index in [2.05, 4.69) is 17.0 Å². The van der Waals surface area contributed by atoms with Crippen LogP contribution in [-0.2, 0) is 20.0 Å². The van der Waals surface area contributed by atoms with E-state index in [4.69, 9.17) is 0 Å². The van der Waals surface area contributed by atoms with Gasteiger partial charge in [0, 0.05) is 30.9 Å². The van der Waals surface area contributed by atoms with E-state index in [1.165, 1.54) is 20.2 Å². The van der Waals surface area contributed by atoms with E-state index >= 15 is 0 Å². The van der Waals surface area contributed by atoms with Gasteiger partial charge in [-0.05, 0) is 44.6 Å². The maximum atomic E-state index is 13.2. The number of carbonyl (C=O) groups is 1. The van der Waals surface area contributed by atoms with Crippen LogP contribution in [0.2, 0.25) is 0 Å². The standard InChI is InChI=1S/C22H25N5O4/c1-5-15(9-8-14(2)3)27-20(28)17-13-26(22(30)31)12-10-16(17)19(24-27)23-18-7-6-11-25(4)21(18)29/h5-9,11H,1,10,12-13H2,2-4H3,(H,23,24)(H,30,31)/b15-9+. The van der Waals surface area contributed by atoms with Gasteiger partial charge in [-0.1, -0.05) is 18.2 Å². The fourth-order valence-electron chi connectivity index (χ4n) is 3.29. The van der Waals surface area contributed by atoms with Crippen molar-refractivity contribution >= 4 is 23.3 Å². The molecule has 3 heterocycles. The number of nitrogens with zero attached hydrogens (tertiary/aromatic N) is 4. The first-order valence-electron chi connectivity index (χ1n) is 9.76. The van der Waals surface area contributed by atoms with Gasteiger partial charge in [0.05, 0.1) is 12.2 Å². The minimum atomic E-state index is -1.09. The molecule has 0 bridgehead atoms. The quantitative estimate of drug-likeness (QED) is 0.716. The Morgan fingerprint density at radius 2 is 1.97 bits per heavy atom. The number of amides is 1. The second kappa shape index (κ2) is 8.86. The summed E-state index contributed by atoms with van der Waals surface area (Å²) in [5.41, 5.74) is 2.03. The second-order valence-corrected chi connectivity index (χ2v) is 7.48. The molecule has 1 aliphatic heterocycles. The number of fused-ring (bicyclic) bond motifs is 1. The molecular weight excluding hydrogens is 398 g/mol. The molecule has 2 aromatic rings. The topological polar surface area (TPSA) is 109 Å². The van der Waals surface area contributed by atoms with Gasteiger partial charge in [-0.15, -0.1) is 5.10 Å². The van der Waals surface area contributed by atoms with E-state index < -0.39 is 11.7 Å². The van der Waals surface area contributed by atoms with Crippen molar-refractivity contribution in [3.63, 3.8) is 0 Å². The number of aromatic nitrogens is 3. The van der Waals surface area contributed by atoms with E-state index in [0.717, 1.165) is 5.57 Å². The van der Waals surface area contributed by atoms with Crippen LogP contribution in [0, 0.1) is 0 Å². The van der Waals surface area contributed by atoms with Crippen LogP contribution < -0.4 is 16.4 Å². The lowest BCUT2D eigenvalue weighted by molar-refractivity contribution is 0.139. The highest BCUT2D eigenvalue weighted by molar-refractivity contribution is 5.68. The Morgan fingerprint density at radius 3 is 2.61 bits per heavy atom. The van der Waals surface area contributed by atoms with Crippen LogP contribution in [-0.4, -0.2) is 37.0 Å². The molecule has 0 radical (unpaired) electrons. The Balaban J connectivity index is 2.22. The van der Waals surface area contributed by atoms with Gasteiger partial charge in [-0.3, -0.25) is 9.59 Å². The van der Waals surface area contributed by atoms with Crippen molar-refractivity contribution in [2.45, 2.75) is 26.8 Å². The molecule has 0 saturated carbocycles. The van der Waals surface area contributed by atoms with E-state index in [0.29, 0.717) is 34.8 Å². The zero-order valence-corrected chi connectivity index (χ0v) is 17.8. The number of allylic oxidation sites excluding steroid dienone is 5. The van der Waals surface area contributed by atoms with Gasteiger partial charge < -0.3 is 19.9 Å².